The molecule has 1 N–H and O–H groups in total. The Kier molecular flexibility index (Phi) is 6.40. The first-order valence-electron chi connectivity index (χ1n) is 9.17. The molecule has 0 bridgehead atoms. The van der Waals surface area contributed by atoms with Gasteiger partial charge < -0.3 is 19.9 Å². The summed E-state index contributed by atoms with van der Waals surface area (Å²) in [5.74, 6) is 0.0303. The third-order valence-corrected chi connectivity index (χ3v) is 4.86. The minimum Gasteiger partial charge on any atom is -0.382 e. The van der Waals surface area contributed by atoms with Crippen LogP contribution in [0.3, 0.4) is 0 Å². The first-order chi connectivity index (χ1) is 12.6. The van der Waals surface area contributed by atoms with E-state index >= 15 is 0 Å². The van der Waals surface area contributed by atoms with E-state index in [1.807, 2.05) is 6.07 Å². The summed E-state index contributed by atoms with van der Waals surface area (Å²) >= 11 is 0. The van der Waals surface area contributed by atoms with Gasteiger partial charge in [-0.2, -0.15) is 0 Å². The number of pyridine rings is 1. The summed E-state index contributed by atoms with van der Waals surface area (Å²) in [5.41, 5.74) is 1.43. The molecule has 8 heteroatoms. The molecule has 26 heavy (non-hydrogen) atoms. The van der Waals surface area contributed by atoms with E-state index < -0.39 is 0 Å². The number of hydrogen-bond acceptors (Lipinski definition) is 6. The van der Waals surface area contributed by atoms with Gasteiger partial charge in [0.1, 0.15) is 0 Å². The fraction of sp³-hybridized carbons (Fsp3) is 0.611. The largest absolute Gasteiger partial charge is 0.382 e. The number of nitrogens with one attached hydrogen (secondary N) is 1. The third-order valence-electron chi connectivity index (χ3n) is 4.86. The van der Waals surface area contributed by atoms with Gasteiger partial charge in [-0.15, -0.1) is 0 Å². The predicted octanol–water partition coefficient (Wildman–Crippen LogP) is 0.130. The summed E-state index contributed by atoms with van der Waals surface area (Å²) in [6, 6.07) is 1.85. The zero-order valence-electron chi connectivity index (χ0n) is 15.3. The highest BCUT2D eigenvalue weighted by Gasteiger charge is 2.23. The molecular weight excluding hydrogens is 334 g/mol. The van der Waals surface area contributed by atoms with Crippen molar-refractivity contribution in [3.8, 4) is 0 Å². The molecule has 1 aromatic heterocycles. The SMILES string of the molecule is CC(=O)N1CCN(C(=O)c2cncc(NCCN3CCOCC3)c2)CC1. The second kappa shape index (κ2) is 8.95. The lowest BCUT2D eigenvalue weighted by molar-refractivity contribution is -0.130. The van der Waals surface area contributed by atoms with Gasteiger partial charge in [0, 0.05) is 71.7 Å². The van der Waals surface area contributed by atoms with E-state index in [2.05, 4.69) is 15.2 Å². The van der Waals surface area contributed by atoms with Crippen LogP contribution in [-0.4, -0.2) is 97.1 Å². The van der Waals surface area contributed by atoms with E-state index in [0.29, 0.717) is 31.7 Å². The van der Waals surface area contributed by atoms with Gasteiger partial charge in [-0.1, -0.05) is 0 Å². The molecule has 142 valence electrons. The Labute approximate surface area is 154 Å². The minimum atomic E-state index is -0.0301. The summed E-state index contributed by atoms with van der Waals surface area (Å²) in [6.45, 7) is 9.12. The number of hydrogen-bond donors (Lipinski definition) is 1. The standard InChI is InChI=1S/C18H27N5O3/c1-15(24)22-4-6-23(7-5-22)18(25)16-12-17(14-19-13-16)20-2-3-21-8-10-26-11-9-21/h12-14,20H,2-11H2,1H3. The molecule has 1 aromatic rings. The van der Waals surface area contributed by atoms with Gasteiger partial charge in [-0.05, 0) is 6.07 Å². The second-order valence-corrected chi connectivity index (χ2v) is 6.64. The minimum absolute atomic E-state index is 0.0301. The topological polar surface area (TPSA) is 78.0 Å². The van der Waals surface area contributed by atoms with E-state index in [9.17, 15) is 9.59 Å². The monoisotopic (exact) mass is 361 g/mol. The van der Waals surface area contributed by atoms with Crippen molar-refractivity contribution in [2.45, 2.75) is 6.92 Å². The number of nitrogens with zero attached hydrogens (tertiary/aromatic N) is 4. The van der Waals surface area contributed by atoms with Crippen LogP contribution < -0.4 is 5.32 Å². The van der Waals surface area contributed by atoms with Gasteiger partial charge in [0.2, 0.25) is 5.91 Å². The molecule has 2 fully saturated rings. The average Bonchev–Trinajstić information content (AvgIpc) is 2.68. The van der Waals surface area contributed by atoms with Crippen molar-refractivity contribution in [3.63, 3.8) is 0 Å². The van der Waals surface area contributed by atoms with Crippen molar-refractivity contribution >= 4 is 17.5 Å². The number of aromatic nitrogens is 1. The molecule has 0 saturated carbocycles. The highest BCUT2D eigenvalue weighted by atomic mass is 16.5. The zero-order valence-corrected chi connectivity index (χ0v) is 15.3. The molecule has 0 atom stereocenters. The number of carbonyl (C=O) groups is 2. The van der Waals surface area contributed by atoms with E-state index in [0.717, 1.165) is 45.1 Å². The molecule has 2 aliphatic rings. The van der Waals surface area contributed by atoms with Crippen LogP contribution in [0.1, 0.15) is 17.3 Å². The Balaban J connectivity index is 1.50. The van der Waals surface area contributed by atoms with E-state index in [1.165, 1.54) is 0 Å². The quantitative estimate of drug-likeness (QED) is 0.803. The Morgan fingerprint density at radius 2 is 1.77 bits per heavy atom. The fourth-order valence-electron chi connectivity index (χ4n) is 3.24. The summed E-state index contributed by atoms with van der Waals surface area (Å²) in [6.07, 6.45) is 3.34. The summed E-state index contributed by atoms with van der Waals surface area (Å²) in [5, 5.41) is 3.34. The Bertz CT molecular complexity index is 625. The molecule has 2 aliphatic heterocycles. The van der Waals surface area contributed by atoms with Crippen LogP contribution >= 0.6 is 0 Å². The zero-order chi connectivity index (χ0) is 18.4. The number of morpholine rings is 1. The number of rotatable bonds is 5. The van der Waals surface area contributed by atoms with Crippen LogP contribution in [0, 0.1) is 0 Å². The van der Waals surface area contributed by atoms with Crippen LogP contribution in [0.4, 0.5) is 5.69 Å². The lowest BCUT2D eigenvalue weighted by Gasteiger charge is -2.34. The van der Waals surface area contributed by atoms with Crippen molar-refractivity contribution < 1.29 is 14.3 Å². The molecule has 3 heterocycles. The van der Waals surface area contributed by atoms with Gasteiger partial charge in [0.05, 0.1) is 24.5 Å². The van der Waals surface area contributed by atoms with E-state index in [1.54, 1.807) is 29.1 Å². The maximum Gasteiger partial charge on any atom is 0.255 e. The van der Waals surface area contributed by atoms with Gasteiger partial charge in [0.15, 0.2) is 0 Å². The number of carbonyl (C=O) groups excluding carboxylic acids is 2. The van der Waals surface area contributed by atoms with Crippen LogP contribution in [0.5, 0.6) is 0 Å². The van der Waals surface area contributed by atoms with Crippen LogP contribution in [0.2, 0.25) is 0 Å². The van der Waals surface area contributed by atoms with Gasteiger partial charge in [-0.25, -0.2) is 0 Å². The molecular formula is C18H27N5O3. The summed E-state index contributed by atoms with van der Waals surface area (Å²) in [7, 11) is 0. The van der Waals surface area contributed by atoms with Crippen molar-refractivity contribution in [1.29, 1.82) is 0 Å². The second-order valence-electron chi connectivity index (χ2n) is 6.64. The van der Waals surface area contributed by atoms with Crippen LogP contribution in [0.25, 0.3) is 0 Å². The van der Waals surface area contributed by atoms with Crippen molar-refractivity contribution in [2.24, 2.45) is 0 Å². The number of piperazine rings is 1. The predicted molar refractivity (Wildman–Crippen MR) is 98.1 cm³/mol. The van der Waals surface area contributed by atoms with Gasteiger partial charge >= 0.3 is 0 Å². The Morgan fingerprint density at radius 3 is 2.46 bits per heavy atom. The molecule has 0 radical (unpaired) electrons. The van der Waals surface area contributed by atoms with Crippen molar-refractivity contribution in [2.75, 3.05) is 70.9 Å². The molecule has 0 aliphatic carbocycles. The van der Waals surface area contributed by atoms with E-state index in [4.69, 9.17) is 4.74 Å². The first-order valence-corrected chi connectivity index (χ1v) is 9.17. The molecule has 0 aromatic carbocycles. The Morgan fingerprint density at radius 1 is 1.08 bits per heavy atom. The highest BCUT2D eigenvalue weighted by Crippen LogP contribution is 2.13. The number of amides is 2. The Hall–Kier alpha value is -2.19. The van der Waals surface area contributed by atoms with Gasteiger partial charge in [0.25, 0.3) is 5.91 Å². The van der Waals surface area contributed by atoms with E-state index in [-0.39, 0.29) is 11.8 Å². The molecule has 0 spiro atoms. The first kappa shape index (κ1) is 18.6. The molecule has 2 saturated heterocycles. The van der Waals surface area contributed by atoms with Gasteiger partial charge in [-0.3, -0.25) is 19.5 Å². The van der Waals surface area contributed by atoms with Crippen molar-refractivity contribution in [1.82, 2.24) is 19.7 Å². The lowest BCUT2D eigenvalue weighted by atomic mass is 10.2. The number of ether oxygens (including phenoxy) is 1. The average molecular weight is 361 g/mol. The molecule has 3 rings (SSSR count). The van der Waals surface area contributed by atoms with Crippen LogP contribution in [0.15, 0.2) is 18.5 Å². The lowest BCUT2D eigenvalue weighted by Crippen LogP contribution is -2.50. The molecule has 0 unspecified atom stereocenters. The van der Waals surface area contributed by atoms with Crippen LogP contribution in [-0.2, 0) is 9.53 Å². The molecule has 2 amide bonds. The maximum absolute atomic E-state index is 12.7. The fourth-order valence-corrected chi connectivity index (χ4v) is 3.24. The van der Waals surface area contributed by atoms with Crippen molar-refractivity contribution in [3.05, 3.63) is 24.0 Å². The third kappa shape index (κ3) is 4.92. The normalized spacial score (nSPS) is 18.7. The smallest absolute Gasteiger partial charge is 0.255 e. The molecule has 8 nitrogen and oxygen atoms in total. The maximum atomic E-state index is 12.7. The number of anilines is 1. The summed E-state index contributed by atoms with van der Waals surface area (Å²) in [4.78, 5) is 34.2. The summed E-state index contributed by atoms with van der Waals surface area (Å²) < 4.78 is 5.35. The highest BCUT2D eigenvalue weighted by molar-refractivity contribution is 5.95.